The molecule has 0 spiro atoms. The summed E-state index contributed by atoms with van der Waals surface area (Å²) in [6.45, 7) is 6.49. The Hall–Kier alpha value is -3.67. The normalized spacial score (nSPS) is 12.8. The fourth-order valence-corrected chi connectivity index (χ4v) is 8.26. The summed E-state index contributed by atoms with van der Waals surface area (Å²) in [4.78, 5) is 38.2. The zero-order valence-electron chi connectivity index (χ0n) is 47.2. The highest BCUT2D eigenvalue weighted by molar-refractivity contribution is 5.71. The van der Waals surface area contributed by atoms with E-state index < -0.39 is 6.10 Å². The van der Waals surface area contributed by atoms with Crippen LogP contribution in [0.5, 0.6) is 0 Å². The average molecular weight is 1000 g/mol. The molecule has 0 heterocycles. The van der Waals surface area contributed by atoms with Crippen LogP contribution in [0, 0.1) is 0 Å². The van der Waals surface area contributed by atoms with E-state index in [-0.39, 0.29) is 31.1 Å². The lowest BCUT2D eigenvalue weighted by Gasteiger charge is -2.18. The second kappa shape index (κ2) is 59.9. The van der Waals surface area contributed by atoms with Crippen molar-refractivity contribution < 1.29 is 28.6 Å². The van der Waals surface area contributed by atoms with Gasteiger partial charge in [-0.05, 0) is 122 Å². The number of allylic oxidation sites excluding steroid dienone is 16. The number of esters is 3. The third-order valence-corrected chi connectivity index (χ3v) is 12.8. The predicted octanol–water partition coefficient (Wildman–Crippen LogP) is 20.5. The van der Waals surface area contributed by atoms with Crippen LogP contribution >= 0.6 is 0 Å². The number of carbonyl (C=O) groups is 3. The molecule has 0 aliphatic carbocycles. The van der Waals surface area contributed by atoms with Gasteiger partial charge in [-0.15, -0.1) is 0 Å². The van der Waals surface area contributed by atoms with E-state index in [0.29, 0.717) is 19.3 Å². The van der Waals surface area contributed by atoms with Crippen molar-refractivity contribution in [2.45, 2.75) is 290 Å². The quantitative estimate of drug-likeness (QED) is 0.0261. The molecule has 0 saturated heterocycles. The molecule has 0 fully saturated rings. The molecule has 0 N–H and O–H groups in total. The minimum Gasteiger partial charge on any atom is -0.462 e. The van der Waals surface area contributed by atoms with Gasteiger partial charge in [0, 0.05) is 19.3 Å². The van der Waals surface area contributed by atoms with E-state index in [2.05, 4.69) is 118 Å². The first-order valence-corrected chi connectivity index (χ1v) is 30.2. The summed E-state index contributed by atoms with van der Waals surface area (Å²) in [5.74, 6) is -0.910. The molecule has 0 bridgehead atoms. The lowest BCUT2D eigenvalue weighted by molar-refractivity contribution is -0.167. The Balaban J connectivity index is 4.39. The Bertz CT molecular complexity index is 1430. The number of rotatable bonds is 54. The summed E-state index contributed by atoms with van der Waals surface area (Å²) in [5.41, 5.74) is 0. The summed E-state index contributed by atoms with van der Waals surface area (Å²) in [6, 6.07) is 0. The molecule has 72 heavy (non-hydrogen) atoms. The van der Waals surface area contributed by atoms with Gasteiger partial charge in [-0.25, -0.2) is 0 Å². The number of unbranched alkanes of at least 4 members (excludes halogenated alkanes) is 27. The maximum atomic E-state index is 12.9. The van der Waals surface area contributed by atoms with Crippen LogP contribution < -0.4 is 0 Å². The topological polar surface area (TPSA) is 78.9 Å². The first-order chi connectivity index (χ1) is 35.5. The Labute approximate surface area is 445 Å². The van der Waals surface area contributed by atoms with Gasteiger partial charge in [0.05, 0.1) is 0 Å². The number of hydrogen-bond donors (Lipinski definition) is 0. The van der Waals surface area contributed by atoms with E-state index in [9.17, 15) is 14.4 Å². The Kier molecular flexibility index (Phi) is 56.8. The van der Waals surface area contributed by atoms with Crippen molar-refractivity contribution in [3.63, 3.8) is 0 Å². The average Bonchev–Trinajstić information content (AvgIpc) is 3.38. The third-order valence-electron chi connectivity index (χ3n) is 12.8. The van der Waals surface area contributed by atoms with E-state index in [1.807, 2.05) is 0 Å². The zero-order valence-corrected chi connectivity index (χ0v) is 47.2. The Morgan fingerprint density at radius 2 is 0.542 bits per heavy atom. The fourth-order valence-electron chi connectivity index (χ4n) is 8.26. The van der Waals surface area contributed by atoms with Crippen molar-refractivity contribution in [2.24, 2.45) is 0 Å². The van der Waals surface area contributed by atoms with Crippen molar-refractivity contribution in [1.29, 1.82) is 0 Å². The lowest BCUT2D eigenvalue weighted by Crippen LogP contribution is -2.30. The van der Waals surface area contributed by atoms with Gasteiger partial charge in [-0.3, -0.25) is 14.4 Å². The van der Waals surface area contributed by atoms with Gasteiger partial charge in [-0.1, -0.05) is 240 Å². The molecular formula is C66H112O6. The molecule has 1 atom stereocenters. The van der Waals surface area contributed by atoms with Crippen LogP contribution in [0.4, 0.5) is 0 Å². The van der Waals surface area contributed by atoms with Crippen LogP contribution in [0.1, 0.15) is 284 Å². The summed E-state index contributed by atoms with van der Waals surface area (Å²) in [6.07, 6.45) is 79.7. The lowest BCUT2D eigenvalue weighted by atomic mass is 10.1. The van der Waals surface area contributed by atoms with E-state index in [0.717, 1.165) is 116 Å². The third kappa shape index (κ3) is 57.2. The minimum atomic E-state index is -0.791. The van der Waals surface area contributed by atoms with Gasteiger partial charge in [0.1, 0.15) is 13.2 Å². The zero-order chi connectivity index (χ0) is 52.2. The molecule has 0 aromatic rings. The fraction of sp³-hybridized carbons (Fsp3) is 0.712. The molecule has 0 aromatic heterocycles. The molecule has 0 radical (unpaired) electrons. The summed E-state index contributed by atoms with van der Waals surface area (Å²) in [7, 11) is 0. The summed E-state index contributed by atoms with van der Waals surface area (Å²) < 4.78 is 16.9. The van der Waals surface area contributed by atoms with E-state index in [4.69, 9.17) is 14.2 Å². The van der Waals surface area contributed by atoms with Crippen molar-refractivity contribution >= 4 is 17.9 Å². The van der Waals surface area contributed by atoms with E-state index >= 15 is 0 Å². The maximum absolute atomic E-state index is 12.9. The van der Waals surface area contributed by atoms with Crippen molar-refractivity contribution in [3.05, 3.63) is 97.2 Å². The van der Waals surface area contributed by atoms with Gasteiger partial charge in [-0.2, -0.15) is 0 Å². The molecule has 6 heteroatoms. The van der Waals surface area contributed by atoms with E-state index in [1.165, 1.54) is 128 Å². The van der Waals surface area contributed by atoms with Crippen molar-refractivity contribution in [2.75, 3.05) is 13.2 Å². The standard InChI is InChI=1S/C66H112O6/c1-4-7-10-13-16-19-22-25-27-29-31-32-33-34-35-37-38-41-44-47-50-53-56-59-65(68)71-62-63(61-70-64(67)58-55-52-49-46-43-40-24-21-18-15-12-9-6-3)72-66(69)60-57-54-51-48-45-42-39-36-30-28-26-23-20-17-14-11-8-5-2/h7,10,16,19-21,23-25,27-28,30-32,34-35,63H,4-6,8-9,11-15,17-18,22,26,29,33,36-62H2,1-3H3/b10-7-,19-16-,23-20-,24-21-,27-25-,30-28-,32-31-,35-34-. The smallest absolute Gasteiger partial charge is 0.306 e. The van der Waals surface area contributed by atoms with Gasteiger partial charge >= 0.3 is 17.9 Å². The number of ether oxygens (including phenoxy) is 3. The van der Waals surface area contributed by atoms with Crippen molar-refractivity contribution in [3.8, 4) is 0 Å². The monoisotopic (exact) mass is 1000 g/mol. The molecule has 0 aliphatic heterocycles. The van der Waals surface area contributed by atoms with Crippen LogP contribution in [-0.4, -0.2) is 37.2 Å². The number of carbonyl (C=O) groups excluding carboxylic acids is 3. The molecule has 0 amide bonds. The Morgan fingerprint density at radius 3 is 0.861 bits per heavy atom. The number of hydrogen-bond acceptors (Lipinski definition) is 6. The molecule has 0 saturated carbocycles. The van der Waals surface area contributed by atoms with Gasteiger partial charge in [0.2, 0.25) is 0 Å². The summed E-state index contributed by atoms with van der Waals surface area (Å²) >= 11 is 0. The second-order valence-corrected chi connectivity index (χ2v) is 19.9. The molecule has 6 nitrogen and oxygen atoms in total. The molecule has 1 unspecified atom stereocenters. The maximum Gasteiger partial charge on any atom is 0.306 e. The van der Waals surface area contributed by atoms with Crippen LogP contribution in [0.15, 0.2) is 97.2 Å². The van der Waals surface area contributed by atoms with E-state index in [1.54, 1.807) is 0 Å². The highest BCUT2D eigenvalue weighted by atomic mass is 16.6. The molecular weight excluding hydrogens is 889 g/mol. The second-order valence-electron chi connectivity index (χ2n) is 19.9. The molecule has 0 aromatic carbocycles. The van der Waals surface area contributed by atoms with Crippen LogP contribution in [0.2, 0.25) is 0 Å². The molecule has 0 rings (SSSR count). The highest BCUT2D eigenvalue weighted by Gasteiger charge is 2.19. The van der Waals surface area contributed by atoms with Crippen LogP contribution in [-0.2, 0) is 28.6 Å². The van der Waals surface area contributed by atoms with Gasteiger partial charge < -0.3 is 14.2 Å². The first kappa shape index (κ1) is 68.3. The minimum absolute atomic E-state index is 0.0886. The van der Waals surface area contributed by atoms with Gasteiger partial charge in [0.25, 0.3) is 0 Å². The van der Waals surface area contributed by atoms with Crippen molar-refractivity contribution in [1.82, 2.24) is 0 Å². The summed E-state index contributed by atoms with van der Waals surface area (Å²) in [5, 5.41) is 0. The molecule has 0 aliphatic rings. The highest BCUT2D eigenvalue weighted by Crippen LogP contribution is 2.15. The van der Waals surface area contributed by atoms with Gasteiger partial charge in [0.15, 0.2) is 6.10 Å². The Morgan fingerprint density at radius 1 is 0.292 bits per heavy atom. The largest absolute Gasteiger partial charge is 0.462 e. The SMILES string of the molecule is CC/C=C\C/C=C\C/C=C\C/C=C\C/C=C\CCCCCCCCCC(=O)OCC(COC(=O)CCCCCCC/C=C\CCCCCC)OC(=O)CCCCCCCCC/C=C\C/C=C\CCCCCC. The van der Waals surface area contributed by atoms with Crippen LogP contribution in [0.25, 0.3) is 0 Å². The predicted molar refractivity (Wildman–Crippen MR) is 311 cm³/mol. The van der Waals surface area contributed by atoms with Crippen LogP contribution in [0.3, 0.4) is 0 Å². The molecule has 412 valence electrons. The first-order valence-electron chi connectivity index (χ1n) is 30.2.